The van der Waals surface area contributed by atoms with Gasteiger partial charge in [-0.1, -0.05) is 12.1 Å². The molecule has 3 aromatic rings. The summed E-state index contributed by atoms with van der Waals surface area (Å²) in [4.78, 5) is 4.69. The van der Waals surface area contributed by atoms with Crippen molar-refractivity contribution in [2.45, 2.75) is 11.8 Å². The van der Waals surface area contributed by atoms with Gasteiger partial charge in [0.15, 0.2) is 0 Å². The van der Waals surface area contributed by atoms with E-state index >= 15 is 0 Å². The standard InChI is InChI=1S/C11H9N3O3S2/c1-7-2-3-8(4-10(7)19(15,16)17)9-5-18-11-12-6-13-14(9)11/h2-6H,1H3,(H,15,16,17). The fourth-order valence-electron chi connectivity index (χ4n) is 1.86. The minimum atomic E-state index is -4.23. The maximum atomic E-state index is 11.3. The largest absolute Gasteiger partial charge is 0.294 e. The quantitative estimate of drug-likeness (QED) is 0.731. The number of hydrogen-bond donors (Lipinski definition) is 1. The molecule has 1 aromatic carbocycles. The molecule has 8 heteroatoms. The molecule has 1 N–H and O–H groups in total. The summed E-state index contributed by atoms with van der Waals surface area (Å²) in [6, 6.07) is 4.87. The third-order valence-electron chi connectivity index (χ3n) is 2.78. The van der Waals surface area contributed by atoms with Crippen LogP contribution in [-0.2, 0) is 10.1 Å². The van der Waals surface area contributed by atoms with Gasteiger partial charge in [-0.2, -0.15) is 13.5 Å². The third kappa shape index (κ3) is 2.03. The second-order valence-electron chi connectivity index (χ2n) is 4.03. The van der Waals surface area contributed by atoms with E-state index in [0.29, 0.717) is 11.1 Å². The zero-order chi connectivity index (χ0) is 13.6. The summed E-state index contributed by atoms with van der Waals surface area (Å²) in [5, 5.41) is 5.91. The Kier molecular flexibility index (Phi) is 2.66. The fourth-order valence-corrected chi connectivity index (χ4v) is 3.42. The maximum absolute atomic E-state index is 11.3. The van der Waals surface area contributed by atoms with Crippen molar-refractivity contribution >= 4 is 26.4 Å². The van der Waals surface area contributed by atoms with E-state index in [1.54, 1.807) is 23.6 Å². The predicted molar refractivity (Wildman–Crippen MR) is 70.9 cm³/mol. The lowest BCUT2D eigenvalue weighted by Crippen LogP contribution is -2.01. The van der Waals surface area contributed by atoms with Crippen LogP contribution >= 0.6 is 11.3 Å². The molecule has 0 spiro atoms. The van der Waals surface area contributed by atoms with Crippen LogP contribution in [0.25, 0.3) is 16.2 Å². The SMILES string of the molecule is Cc1ccc(-c2csc3ncnn23)cc1S(=O)(=O)O. The number of hydrogen-bond acceptors (Lipinski definition) is 5. The third-order valence-corrected chi connectivity index (χ3v) is 4.61. The smallest absolute Gasteiger partial charge is 0.282 e. The van der Waals surface area contributed by atoms with Crippen LogP contribution in [0, 0.1) is 6.92 Å². The molecule has 0 aliphatic rings. The normalized spacial score (nSPS) is 12.1. The van der Waals surface area contributed by atoms with E-state index in [9.17, 15) is 13.0 Å². The lowest BCUT2D eigenvalue weighted by Gasteiger charge is -2.05. The predicted octanol–water partition coefficient (Wildman–Crippen LogP) is 2.01. The van der Waals surface area contributed by atoms with Crippen molar-refractivity contribution in [3.8, 4) is 11.3 Å². The van der Waals surface area contributed by atoms with Crippen LogP contribution < -0.4 is 0 Å². The zero-order valence-electron chi connectivity index (χ0n) is 9.81. The Morgan fingerprint density at radius 3 is 2.89 bits per heavy atom. The van der Waals surface area contributed by atoms with Crippen LogP contribution in [0.15, 0.2) is 34.8 Å². The first-order valence-corrected chi connectivity index (χ1v) is 7.64. The van der Waals surface area contributed by atoms with Gasteiger partial charge in [0.05, 0.1) is 10.6 Å². The highest BCUT2D eigenvalue weighted by atomic mass is 32.2. The second-order valence-corrected chi connectivity index (χ2v) is 6.26. The Morgan fingerprint density at radius 2 is 2.16 bits per heavy atom. The van der Waals surface area contributed by atoms with E-state index in [-0.39, 0.29) is 4.90 Å². The number of thiazole rings is 1. The van der Waals surface area contributed by atoms with Crippen LogP contribution in [0.5, 0.6) is 0 Å². The van der Waals surface area contributed by atoms with Gasteiger partial charge in [0.1, 0.15) is 6.33 Å². The van der Waals surface area contributed by atoms with Crippen molar-refractivity contribution in [2.24, 2.45) is 0 Å². The van der Waals surface area contributed by atoms with E-state index in [0.717, 1.165) is 10.7 Å². The molecule has 0 bridgehead atoms. The van der Waals surface area contributed by atoms with Gasteiger partial charge in [-0.25, -0.2) is 9.50 Å². The average molecular weight is 295 g/mol. The molecule has 0 atom stereocenters. The van der Waals surface area contributed by atoms with Gasteiger partial charge in [-0.15, -0.1) is 11.3 Å². The molecule has 0 saturated heterocycles. The Bertz CT molecular complexity index is 864. The number of aryl methyl sites for hydroxylation is 1. The van der Waals surface area contributed by atoms with E-state index in [4.69, 9.17) is 0 Å². The lowest BCUT2D eigenvalue weighted by molar-refractivity contribution is 0.482. The van der Waals surface area contributed by atoms with Crippen molar-refractivity contribution in [1.82, 2.24) is 14.6 Å². The number of nitrogens with zero attached hydrogens (tertiary/aromatic N) is 3. The number of aromatic nitrogens is 3. The molecule has 0 aliphatic carbocycles. The molecule has 0 radical (unpaired) electrons. The fraction of sp³-hybridized carbons (Fsp3) is 0.0909. The summed E-state index contributed by atoms with van der Waals surface area (Å²) >= 11 is 1.41. The Balaban J connectivity index is 2.25. The van der Waals surface area contributed by atoms with Crippen molar-refractivity contribution in [1.29, 1.82) is 0 Å². The summed E-state index contributed by atoms with van der Waals surface area (Å²) < 4.78 is 33.5. The molecule has 0 amide bonds. The first kappa shape index (κ1) is 12.3. The molecule has 2 heterocycles. The highest BCUT2D eigenvalue weighted by molar-refractivity contribution is 7.85. The van der Waals surface area contributed by atoms with Gasteiger partial charge in [0.2, 0.25) is 4.96 Å². The Labute approximate surface area is 113 Å². The first-order valence-electron chi connectivity index (χ1n) is 5.32. The lowest BCUT2D eigenvalue weighted by atomic mass is 10.1. The molecular formula is C11H9N3O3S2. The van der Waals surface area contributed by atoms with E-state index in [2.05, 4.69) is 10.1 Å². The number of fused-ring (bicyclic) bond motifs is 1. The summed E-state index contributed by atoms with van der Waals surface area (Å²) in [6.07, 6.45) is 1.44. The highest BCUT2D eigenvalue weighted by Gasteiger charge is 2.16. The van der Waals surface area contributed by atoms with E-state index in [1.165, 1.54) is 23.7 Å². The van der Waals surface area contributed by atoms with E-state index < -0.39 is 10.1 Å². The van der Waals surface area contributed by atoms with Crippen LogP contribution in [0.2, 0.25) is 0 Å². The Morgan fingerprint density at radius 1 is 1.37 bits per heavy atom. The number of rotatable bonds is 2. The molecule has 0 unspecified atom stereocenters. The van der Waals surface area contributed by atoms with Crippen molar-refractivity contribution in [3.05, 3.63) is 35.5 Å². The zero-order valence-corrected chi connectivity index (χ0v) is 11.4. The minimum absolute atomic E-state index is 0.0931. The molecular weight excluding hydrogens is 286 g/mol. The topological polar surface area (TPSA) is 84.6 Å². The van der Waals surface area contributed by atoms with Crippen LogP contribution in [0.1, 0.15) is 5.56 Å². The molecule has 2 aromatic heterocycles. The van der Waals surface area contributed by atoms with Gasteiger partial charge in [-0.05, 0) is 18.6 Å². The molecule has 0 fully saturated rings. The monoisotopic (exact) mass is 295 g/mol. The maximum Gasteiger partial charge on any atom is 0.294 e. The first-order chi connectivity index (χ1) is 8.97. The summed E-state index contributed by atoms with van der Waals surface area (Å²) in [5.41, 5.74) is 1.90. The van der Waals surface area contributed by atoms with Crippen molar-refractivity contribution in [2.75, 3.05) is 0 Å². The minimum Gasteiger partial charge on any atom is -0.282 e. The Hall–Kier alpha value is -1.77. The van der Waals surface area contributed by atoms with Crippen LogP contribution in [0.4, 0.5) is 0 Å². The summed E-state index contributed by atoms with van der Waals surface area (Å²) in [5.74, 6) is 0. The van der Waals surface area contributed by atoms with E-state index in [1.807, 2.05) is 5.38 Å². The summed E-state index contributed by atoms with van der Waals surface area (Å²) in [7, 11) is -4.23. The average Bonchev–Trinajstić information content (AvgIpc) is 2.90. The van der Waals surface area contributed by atoms with Gasteiger partial charge < -0.3 is 0 Å². The molecule has 6 nitrogen and oxygen atoms in total. The van der Waals surface area contributed by atoms with Gasteiger partial charge >= 0.3 is 0 Å². The second kappa shape index (κ2) is 4.12. The number of benzene rings is 1. The van der Waals surface area contributed by atoms with Crippen LogP contribution in [-0.4, -0.2) is 27.6 Å². The van der Waals surface area contributed by atoms with Crippen LogP contribution in [0.3, 0.4) is 0 Å². The molecule has 3 rings (SSSR count). The molecule has 0 aliphatic heterocycles. The van der Waals surface area contributed by atoms with Crippen molar-refractivity contribution < 1.29 is 13.0 Å². The molecule has 98 valence electrons. The van der Waals surface area contributed by atoms with Crippen molar-refractivity contribution in [3.63, 3.8) is 0 Å². The highest BCUT2D eigenvalue weighted by Crippen LogP contribution is 2.27. The van der Waals surface area contributed by atoms with Gasteiger partial charge in [-0.3, -0.25) is 4.55 Å². The van der Waals surface area contributed by atoms with Gasteiger partial charge in [0.25, 0.3) is 10.1 Å². The van der Waals surface area contributed by atoms with Gasteiger partial charge in [0, 0.05) is 10.9 Å². The molecule has 0 saturated carbocycles. The molecule has 19 heavy (non-hydrogen) atoms. The summed E-state index contributed by atoms with van der Waals surface area (Å²) in [6.45, 7) is 1.63.